The van der Waals surface area contributed by atoms with E-state index >= 15 is 0 Å². The molecule has 1 fully saturated rings. The zero-order valence-electron chi connectivity index (χ0n) is 7.84. The predicted octanol–water partition coefficient (Wildman–Crippen LogP) is 1.70. The second kappa shape index (κ2) is 3.37. The van der Waals surface area contributed by atoms with Crippen LogP contribution in [0.5, 0.6) is 0 Å². The molecule has 0 amide bonds. The standard InChI is InChI=1S/C9H8BrN5/c10-7-3-8(12-4-11-7)15-5-13-9(14-15)6-1-2-6/h3-6H,1-2H2. The maximum Gasteiger partial charge on any atom is 0.159 e. The van der Waals surface area contributed by atoms with E-state index in [9.17, 15) is 0 Å². The number of aromatic nitrogens is 5. The van der Waals surface area contributed by atoms with E-state index in [2.05, 4.69) is 36.0 Å². The lowest BCUT2D eigenvalue weighted by molar-refractivity contribution is 0.805. The zero-order valence-corrected chi connectivity index (χ0v) is 9.42. The van der Waals surface area contributed by atoms with Crippen molar-refractivity contribution < 1.29 is 0 Å². The molecule has 3 rings (SSSR count). The summed E-state index contributed by atoms with van der Waals surface area (Å²) < 4.78 is 2.43. The monoisotopic (exact) mass is 265 g/mol. The molecule has 2 aromatic heterocycles. The van der Waals surface area contributed by atoms with Gasteiger partial charge in [-0.1, -0.05) is 0 Å². The molecule has 6 heteroatoms. The number of hydrogen-bond donors (Lipinski definition) is 0. The summed E-state index contributed by atoms with van der Waals surface area (Å²) in [6, 6.07) is 1.81. The van der Waals surface area contributed by atoms with Gasteiger partial charge in [0.25, 0.3) is 0 Å². The molecule has 1 saturated carbocycles. The van der Waals surface area contributed by atoms with Crippen LogP contribution in [0, 0.1) is 0 Å². The minimum Gasteiger partial charge on any atom is -0.229 e. The van der Waals surface area contributed by atoms with Crippen molar-refractivity contribution in [2.24, 2.45) is 0 Å². The number of halogens is 1. The van der Waals surface area contributed by atoms with Crippen LogP contribution in [0.1, 0.15) is 24.6 Å². The molecule has 0 radical (unpaired) electrons. The molecule has 1 aliphatic rings. The summed E-state index contributed by atoms with van der Waals surface area (Å²) in [4.78, 5) is 12.3. The van der Waals surface area contributed by atoms with E-state index in [1.165, 1.54) is 19.2 Å². The lowest BCUT2D eigenvalue weighted by Gasteiger charge is -1.97. The van der Waals surface area contributed by atoms with E-state index in [-0.39, 0.29) is 0 Å². The number of rotatable bonds is 2. The Labute approximate surface area is 94.7 Å². The van der Waals surface area contributed by atoms with Gasteiger partial charge in [-0.25, -0.2) is 19.6 Å². The Bertz CT molecular complexity index is 491. The van der Waals surface area contributed by atoms with Crippen molar-refractivity contribution in [3.05, 3.63) is 29.1 Å². The lowest BCUT2D eigenvalue weighted by atomic mass is 10.4. The molecular weight excluding hydrogens is 258 g/mol. The molecule has 2 heterocycles. The Kier molecular flexibility index (Phi) is 2.02. The summed E-state index contributed by atoms with van der Waals surface area (Å²) in [7, 11) is 0. The van der Waals surface area contributed by atoms with Crippen LogP contribution >= 0.6 is 15.9 Å². The largest absolute Gasteiger partial charge is 0.229 e. The second-order valence-corrected chi connectivity index (χ2v) is 4.33. The van der Waals surface area contributed by atoms with Gasteiger partial charge in [-0.3, -0.25) is 0 Å². The van der Waals surface area contributed by atoms with E-state index in [4.69, 9.17) is 0 Å². The van der Waals surface area contributed by atoms with Gasteiger partial charge in [-0.05, 0) is 28.8 Å². The van der Waals surface area contributed by atoms with Crippen molar-refractivity contribution in [2.75, 3.05) is 0 Å². The summed E-state index contributed by atoms with van der Waals surface area (Å²) in [5.41, 5.74) is 0. The smallest absolute Gasteiger partial charge is 0.159 e. The van der Waals surface area contributed by atoms with Crippen LogP contribution in [0.25, 0.3) is 5.82 Å². The molecule has 0 aliphatic heterocycles. The fraction of sp³-hybridized carbons (Fsp3) is 0.333. The molecule has 5 nitrogen and oxygen atoms in total. The Hall–Kier alpha value is -1.30. The quantitative estimate of drug-likeness (QED) is 0.776. The van der Waals surface area contributed by atoms with Crippen LogP contribution in [-0.2, 0) is 0 Å². The van der Waals surface area contributed by atoms with Gasteiger partial charge < -0.3 is 0 Å². The first-order valence-corrected chi connectivity index (χ1v) is 5.52. The molecule has 0 unspecified atom stereocenters. The summed E-state index contributed by atoms with van der Waals surface area (Å²) in [6.45, 7) is 0. The van der Waals surface area contributed by atoms with Crippen LogP contribution in [0.2, 0.25) is 0 Å². The SMILES string of the molecule is Brc1cc(-n2cnc(C3CC3)n2)ncn1. The normalized spacial score (nSPS) is 15.5. The third-order valence-electron chi connectivity index (χ3n) is 2.31. The van der Waals surface area contributed by atoms with Crippen LogP contribution in [0.3, 0.4) is 0 Å². The van der Waals surface area contributed by atoms with Gasteiger partial charge in [0.2, 0.25) is 0 Å². The zero-order chi connectivity index (χ0) is 10.3. The molecular formula is C9H8BrN5. The van der Waals surface area contributed by atoms with Crippen molar-refractivity contribution in [3.63, 3.8) is 0 Å². The average Bonchev–Trinajstić information content (AvgIpc) is 2.97. The van der Waals surface area contributed by atoms with Crippen LogP contribution in [0.15, 0.2) is 23.3 Å². The van der Waals surface area contributed by atoms with Crippen molar-refractivity contribution >= 4 is 15.9 Å². The van der Waals surface area contributed by atoms with E-state index < -0.39 is 0 Å². The summed E-state index contributed by atoms with van der Waals surface area (Å²) in [5, 5.41) is 4.38. The van der Waals surface area contributed by atoms with Crippen molar-refractivity contribution in [1.82, 2.24) is 24.7 Å². The molecule has 0 bridgehead atoms. The molecule has 0 N–H and O–H groups in total. The summed E-state index contributed by atoms with van der Waals surface area (Å²) >= 11 is 3.29. The van der Waals surface area contributed by atoms with E-state index in [1.54, 1.807) is 11.0 Å². The van der Waals surface area contributed by atoms with Crippen LogP contribution in [0.4, 0.5) is 0 Å². The lowest BCUT2D eigenvalue weighted by Crippen LogP contribution is -1.99. The molecule has 0 spiro atoms. The highest BCUT2D eigenvalue weighted by Crippen LogP contribution is 2.37. The maximum absolute atomic E-state index is 4.38. The van der Waals surface area contributed by atoms with Crippen molar-refractivity contribution in [1.29, 1.82) is 0 Å². The van der Waals surface area contributed by atoms with Gasteiger partial charge in [0.05, 0.1) is 0 Å². The van der Waals surface area contributed by atoms with Crippen LogP contribution < -0.4 is 0 Å². The van der Waals surface area contributed by atoms with Gasteiger partial charge in [-0.15, -0.1) is 5.10 Å². The second-order valence-electron chi connectivity index (χ2n) is 3.52. The van der Waals surface area contributed by atoms with Gasteiger partial charge in [0, 0.05) is 12.0 Å². The molecule has 2 aromatic rings. The Balaban J connectivity index is 1.97. The van der Waals surface area contributed by atoms with E-state index in [1.807, 2.05) is 6.07 Å². The maximum atomic E-state index is 4.38. The first-order valence-electron chi connectivity index (χ1n) is 4.72. The topological polar surface area (TPSA) is 56.5 Å². The fourth-order valence-corrected chi connectivity index (χ4v) is 1.66. The fourth-order valence-electron chi connectivity index (χ4n) is 1.36. The number of nitrogens with zero attached hydrogens (tertiary/aromatic N) is 5. The van der Waals surface area contributed by atoms with Gasteiger partial charge in [0.1, 0.15) is 17.3 Å². The molecule has 0 aromatic carbocycles. The van der Waals surface area contributed by atoms with Gasteiger partial charge in [-0.2, -0.15) is 0 Å². The molecule has 0 atom stereocenters. The number of hydrogen-bond acceptors (Lipinski definition) is 4. The summed E-state index contributed by atoms with van der Waals surface area (Å²) in [6.07, 6.45) is 5.61. The predicted molar refractivity (Wildman–Crippen MR) is 56.6 cm³/mol. The highest BCUT2D eigenvalue weighted by Gasteiger charge is 2.27. The van der Waals surface area contributed by atoms with E-state index in [0.29, 0.717) is 5.92 Å². The first kappa shape index (κ1) is 8.96. The third-order valence-corrected chi connectivity index (χ3v) is 2.74. The minimum atomic E-state index is 0.566. The molecule has 76 valence electrons. The highest BCUT2D eigenvalue weighted by atomic mass is 79.9. The Morgan fingerprint density at radius 2 is 2.13 bits per heavy atom. The highest BCUT2D eigenvalue weighted by molar-refractivity contribution is 9.10. The Morgan fingerprint density at radius 1 is 1.27 bits per heavy atom. The van der Waals surface area contributed by atoms with Crippen molar-refractivity contribution in [2.45, 2.75) is 18.8 Å². The molecule has 15 heavy (non-hydrogen) atoms. The first-order chi connectivity index (χ1) is 7.33. The van der Waals surface area contributed by atoms with E-state index in [0.717, 1.165) is 16.2 Å². The average molecular weight is 266 g/mol. The minimum absolute atomic E-state index is 0.566. The van der Waals surface area contributed by atoms with Crippen molar-refractivity contribution in [3.8, 4) is 5.82 Å². The Morgan fingerprint density at radius 3 is 2.87 bits per heavy atom. The van der Waals surface area contributed by atoms with Gasteiger partial charge in [0.15, 0.2) is 11.6 Å². The van der Waals surface area contributed by atoms with Gasteiger partial charge >= 0.3 is 0 Å². The third kappa shape index (κ3) is 1.77. The molecule has 0 saturated heterocycles. The molecule has 1 aliphatic carbocycles. The van der Waals surface area contributed by atoms with Crippen LogP contribution in [-0.4, -0.2) is 24.7 Å². The summed E-state index contributed by atoms with van der Waals surface area (Å²) in [5.74, 6) is 2.22.